The fourth-order valence-electron chi connectivity index (χ4n) is 1.59. The van der Waals surface area contributed by atoms with Crippen LogP contribution >= 0.6 is 11.3 Å². The third kappa shape index (κ3) is 4.09. The van der Waals surface area contributed by atoms with Gasteiger partial charge in [0.05, 0.1) is 11.5 Å². The van der Waals surface area contributed by atoms with Gasteiger partial charge in [0.1, 0.15) is 18.2 Å². The summed E-state index contributed by atoms with van der Waals surface area (Å²) < 4.78 is 18.7. The normalized spacial score (nSPS) is 9.95. The average molecular weight is 290 g/mol. The molecule has 2 nitrogen and oxygen atoms in total. The topological polar surface area (TPSA) is 29.5 Å². The lowest BCUT2D eigenvalue weighted by molar-refractivity contribution is 0.305. The Bertz CT molecular complexity index is 637. The molecule has 0 fully saturated rings. The Balaban J connectivity index is 1.94. The molecular formula is C16H15FO2S. The second-order valence-corrected chi connectivity index (χ2v) is 5.41. The van der Waals surface area contributed by atoms with E-state index < -0.39 is 0 Å². The van der Waals surface area contributed by atoms with Crippen LogP contribution in [0.4, 0.5) is 4.39 Å². The van der Waals surface area contributed by atoms with E-state index in [-0.39, 0.29) is 12.4 Å². The Hall–Kier alpha value is -1.83. The first-order chi connectivity index (χ1) is 9.69. The highest BCUT2D eigenvalue weighted by molar-refractivity contribution is 7.12. The summed E-state index contributed by atoms with van der Waals surface area (Å²) in [6, 6.07) is 8.61. The molecule has 0 atom stereocenters. The molecule has 0 radical (unpaired) electrons. The van der Waals surface area contributed by atoms with Crippen LogP contribution in [0.5, 0.6) is 5.75 Å². The van der Waals surface area contributed by atoms with Gasteiger partial charge in [-0.25, -0.2) is 4.39 Å². The number of aliphatic hydroxyl groups is 1. The Morgan fingerprint density at radius 1 is 1.30 bits per heavy atom. The predicted molar refractivity (Wildman–Crippen MR) is 78.4 cm³/mol. The van der Waals surface area contributed by atoms with Crippen molar-refractivity contribution in [3.63, 3.8) is 0 Å². The first-order valence-corrected chi connectivity index (χ1v) is 7.08. The summed E-state index contributed by atoms with van der Waals surface area (Å²) in [5, 5.41) is 8.66. The minimum Gasteiger partial charge on any atom is -0.488 e. The monoisotopic (exact) mass is 290 g/mol. The molecule has 0 saturated heterocycles. The zero-order valence-corrected chi connectivity index (χ0v) is 12.0. The lowest BCUT2D eigenvalue weighted by Crippen LogP contribution is -1.93. The second-order valence-electron chi connectivity index (χ2n) is 4.24. The summed E-state index contributed by atoms with van der Waals surface area (Å²) >= 11 is 1.56. The Labute approximate surface area is 121 Å². The molecule has 0 spiro atoms. The Morgan fingerprint density at radius 2 is 2.15 bits per heavy atom. The number of aliphatic hydroxyl groups excluding tert-OH is 1. The third-order valence-electron chi connectivity index (χ3n) is 2.62. The van der Waals surface area contributed by atoms with Gasteiger partial charge in [-0.05, 0) is 42.8 Å². The van der Waals surface area contributed by atoms with Gasteiger partial charge in [-0.1, -0.05) is 11.8 Å². The van der Waals surface area contributed by atoms with Gasteiger partial charge < -0.3 is 9.84 Å². The maximum atomic E-state index is 13.1. The summed E-state index contributed by atoms with van der Waals surface area (Å²) in [5.74, 6) is 6.29. The zero-order valence-electron chi connectivity index (χ0n) is 11.1. The standard InChI is InChI=1S/C16H15FO2S/c1-12-10-13(5-8-16(12)17)19-11-15-7-6-14(20-15)4-2-3-9-18/h5-8,10,18H,3,9,11H2,1H3. The number of halogens is 1. The van der Waals surface area contributed by atoms with Crippen molar-refractivity contribution in [2.75, 3.05) is 6.61 Å². The lowest BCUT2D eigenvalue weighted by Gasteiger charge is -2.05. The van der Waals surface area contributed by atoms with Gasteiger partial charge >= 0.3 is 0 Å². The van der Waals surface area contributed by atoms with Crippen molar-refractivity contribution in [1.82, 2.24) is 0 Å². The summed E-state index contributed by atoms with van der Waals surface area (Å²) in [6.07, 6.45) is 0.485. The molecule has 1 heterocycles. The predicted octanol–water partition coefficient (Wildman–Crippen LogP) is 3.51. The smallest absolute Gasteiger partial charge is 0.126 e. The van der Waals surface area contributed by atoms with E-state index in [1.165, 1.54) is 6.07 Å². The SMILES string of the molecule is Cc1cc(OCc2ccc(C#CCCO)s2)ccc1F. The Morgan fingerprint density at radius 3 is 2.90 bits per heavy atom. The van der Waals surface area contributed by atoms with E-state index in [1.54, 1.807) is 30.4 Å². The van der Waals surface area contributed by atoms with E-state index in [2.05, 4.69) is 11.8 Å². The molecule has 1 aromatic carbocycles. The van der Waals surface area contributed by atoms with Crippen molar-refractivity contribution in [2.45, 2.75) is 20.0 Å². The van der Waals surface area contributed by atoms with Crippen LogP contribution in [-0.2, 0) is 6.61 Å². The molecule has 2 rings (SSSR count). The number of hydrogen-bond acceptors (Lipinski definition) is 3. The number of thiophene rings is 1. The highest BCUT2D eigenvalue weighted by Gasteiger charge is 2.02. The summed E-state index contributed by atoms with van der Waals surface area (Å²) in [7, 11) is 0. The Kier molecular flexibility index (Phi) is 5.16. The molecule has 0 saturated carbocycles. The average Bonchev–Trinajstić information content (AvgIpc) is 2.88. The van der Waals surface area contributed by atoms with E-state index in [1.807, 2.05) is 12.1 Å². The van der Waals surface area contributed by atoms with Crippen LogP contribution in [0.3, 0.4) is 0 Å². The maximum absolute atomic E-state index is 13.1. The molecule has 0 aliphatic rings. The first-order valence-electron chi connectivity index (χ1n) is 6.26. The van der Waals surface area contributed by atoms with E-state index >= 15 is 0 Å². The van der Waals surface area contributed by atoms with Gasteiger partial charge in [-0.2, -0.15) is 0 Å². The van der Waals surface area contributed by atoms with E-state index in [0.29, 0.717) is 24.3 Å². The van der Waals surface area contributed by atoms with Gasteiger partial charge in [-0.15, -0.1) is 11.3 Å². The van der Waals surface area contributed by atoms with E-state index in [9.17, 15) is 4.39 Å². The van der Waals surface area contributed by atoms with Crippen LogP contribution in [0.15, 0.2) is 30.3 Å². The molecule has 0 unspecified atom stereocenters. The molecule has 1 aromatic heterocycles. The quantitative estimate of drug-likeness (QED) is 0.873. The van der Waals surface area contributed by atoms with Gasteiger partial charge in [0.25, 0.3) is 0 Å². The van der Waals surface area contributed by atoms with Crippen LogP contribution in [0, 0.1) is 24.6 Å². The highest BCUT2D eigenvalue weighted by atomic mass is 32.1. The molecule has 4 heteroatoms. The number of benzene rings is 1. The largest absolute Gasteiger partial charge is 0.488 e. The summed E-state index contributed by atoms with van der Waals surface area (Å²) in [4.78, 5) is 2.01. The molecule has 0 aliphatic carbocycles. The molecule has 1 N–H and O–H groups in total. The first kappa shape index (κ1) is 14.6. The molecule has 20 heavy (non-hydrogen) atoms. The molecule has 104 valence electrons. The number of hydrogen-bond donors (Lipinski definition) is 1. The number of ether oxygens (including phenoxy) is 1. The van der Waals surface area contributed by atoms with Gasteiger partial charge in [0.2, 0.25) is 0 Å². The van der Waals surface area contributed by atoms with Crippen LogP contribution < -0.4 is 4.74 Å². The molecule has 0 amide bonds. The van der Waals surface area contributed by atoms with Crippen molar-refractivity contribution in [1.29, 1.82) is 0 Å². The van der Waals surface area contributed by atoms with E-state index in [4.69, 9.17) is 9.84 Å². The van der Waals surface area contributed by atoms with Gasteiger partial charge in [0, 0.05) is 11.3 Å². The van der Waals surface area contributed by atoms with Crippen molar-refractivity contribution in [3.8, 4) is 17.6 Å². The fourth-order valence-corrected chi connectivity index (χ4v) is 2.39. The minimum absolute atomic E-state index is 0.0816. The fraction of sp³-hybridized carbons (Fsp3) is 0.250. The zero-order chi connectivity index (χ0) is 14.4. The van der Waals surface area contributed by atoms with Gasteiger partial charge in [-0.3, -0.25) is 0 Å². The van der Waals surface area contributed by atoms with E-state index in [0.717, 1.165) is 9.75 Å². The summed E-state index contributed by atoms with van der Waals surface area (Å²) in [6.45, 7) is 2.23. The molecule has 0 aliphatic heterocycles. The highest BCUT2D eigenvalue weighted by Crippen LogP contribution is 2.20. The van der Waals surface area contributed by atoms with Crippen molar-refractivity contribution in [2.24, 2.45) is 0 Å². The van der Waals surface area contributed by atoms with Crippen LogP contribution in [0.1, 0.15) is 21.7 Å². The third-order valence-corrected chi connectivity index (χ3v) is 3.59. The van der Waals surface area contributed by atoms with Crippen molar-refractivity contribution in [3.05, 3.63) is 51.5 Å². The molecule has 2 aromatic rings. The molecule has 0 bridgehead atoms. The van der Waals surface area contributed by atoms with Crippen molar-refractivity contribution >= 4 is 11.3 Å². The summed E-state index contributed by atoms with van der Waals surface area (Å²) in [5.41, 5.74) is 0.573. The van der Waals surface area contributed by atoms with Crippen LogP contribution in [-0.4, -0.2) is 11.7 Å². The van der Waals surface area contributed by atoms with Crippen LogP contribution in [0.25, 0.3) is 0 Å². The minimum atomic E-state index is -0.227. The maximum Gasteiger partial charge on any atom is 0.126 e. The van der Waals surface area contributed by atoms with Gasteiger partial charge in [0.15, 0.2) is 0 Å². The second kappa shape index (κ2) is 7.09. The van der Waals surface area contributed by atoms with Crippen molar-refractivity contribution < 1.29 is 14.2 Å². The number of rotatable bonds is 4. The van der Waals surface area contributed by atoms with Crippen LogP contribution in [0.2, 0.25) is 0 Å². The lowest BCUT2D eigenvalue weighted by atomic mass is 10.2. The number of aryl methyl sites for hydroxylation is 1. The molecular weight excluding hydrogens is 275 g/mol.